The third kappa shape index (κ3) is 5.02. The van der Waals surface area contributed by atoms with E-state index in [0.29, 0.717) is 13.1 Å². The Bertz CT molecular complexity index is 749. The molecule has 0 unspecified atom stereocenters. The van der Waals surface area contributed by atoms with Crippen molar-refractivity contribution in [2.24, 2.45) is 5.92 Å². The highest BCUT2D eigenvalue weighted by molar-refractivity contribution is 5.91. The molecule has 0 saturated heterocycles. The first-order valence-corrected chi connectivity index (χ1v) is 9.12. The Morgan fingerprint density at radius 2 is 1.88 bits per heavy atom. The largest absolute Gasteiger partial charge is 0.351 e. The average Bonchev–Trinajstić information content (AvgIpc) is 3.15. The lowest BCUT2D eigenvalue weighted by Gasteiger charge is -2.10. The molecule has 1 heterocycles. The van der Waals surface area contributed by atoms with Gasteiger partial charge in [-0.3, -0.25) is 9.59 Å². The number of rotatable bonds is 7. The van der Waals surface area contributed by atoms with E-state index in [1.165, 1.54) is 48.9 Å². The summed E-state index contributed by atoms with van der Waals surface area (Å²) in [5, 5.41) is 7.13. The maximum Gasteiger partial charge on any atom is 0.271 e. The highest BCUT2D eigenvalue weighted by Gasteiger charge is 2.15. The molecular weight excluding hydrogens is 314 g/mol. The Morgan fingerprint density at radius 3 is 2.64 bits per heavy atom. The summed E-state index contributed by atoms with van der Waals surface area (Å²) in [6.07, 6.45) is 7.55. The fraction of sp³-hybridized carbons (Fsp3) is 0.450. The first-order valence-electron chi connectivity index (χ1n) is 9.12. The molecule has 0 atom stereocenters. The second-order valence-electron chi connectivity index (χ2n) is 6.75. The Hall–Kier alpha value is -2.43. The molecule has 1 aliphatic carbocycles. The monoisotopic (exact) mass is 339 g/mol. The van der Waals surface area contributed by atoms with Crippen LogP contribution in [0.2, 0.25) is 0 Å². The molecule has 1 aliphatic rings. The van der Waals surface area contributed by atoms with E-state index < -0.39 is 0 Å². The predicted molar refractivity (Wildman–Crippen MR) is 97.6 cm³/mol. The third-order valence-corrected chi connectivity index (χ3v) is 4.82. The highest BCUT2D eigenvalue weighted by Crippen LogP contribution is 2.28. The molecule has 2 aromatic rings. The number of nitrogens with one attached hydrogen (secondary N) is 1. The number of hydrogen-bond donors (Lipinski definition) is 1. The second-order valence-corrected chi connectivity index (χ2v) is 6.75. The summed E-state index contributed by atoms with van der Waals surface area (Å²) >= 11 is 0. The van der Waals surface area contributed by atoms with E-state index in [0.717, 1.165) is 17.9 Å². The number of amides is 1. The van der Waals surface area contributed by atoms with Gasteiger partial charge >= 0.3 is 0 Å². The number of carbonyl (C=O) groups is 1. The SMILES string of the molecule is O=C(NCCCC1CCCC1)c1ccc(=O)n(Cc2ccccc2)n1. The normalized spacial score (nSPS) is 14.6. The van der Waals surface area contributed by atoms with Crippen LogP contribution < -0.4 is 10.9 Å². The van der Waals surface area contributed by atoms with E-state index in [-0.39, 0.29) is 17.2 Å². The van der Waals surface area contributed by atoms with Crippen molar-refractivity contribution >= 4 is 5.91 Å². The first kappa shape index (κ1) is 17.4. The molecule has 1 amide bonds. The minimum atomic E-state index is -0.215. The molecule has 1 fully saturated rings. The van der Waals surface area contributed by atoms with Gasteiger partial charge in [-0.1, -0.05) is 56.0 Å². The second kappa shape index (κ2) is 8.60. The number of carbonyl (C=O) groups excluding carboxylic acids is 1. The van der Waals surface area contributed by atoms with Crippen LogP contribution in [0.15, 0.2) is 47.3 Å². The van der Waals surface area contributed by atoms with Crippen LogP contribution >= 0.6 is 0 Å². The summed E-state index contributed by atoms with van der Waals surface area (Å²) in [6, 6.07) is 12.5. The topological polar surface area (TPSA) is 64.0 Å². The lowest BCUT2D eigenvalue weighted by molar-refractivity contribution is 0.0945. The van der Waals surface area contributed by atoms with Crippen molar-refractivity contribution in [3.05, 3.63) is 64.1 Å². The van der Waals surface area contributed by atoms with Crippen LogP contribution in [0.4, 0.5) is 0 Å². The van der Waals surface area contributed by atoms with Crippen molar-refractivity contribution in [3.8, 4) is 0 Å². The minimum Gasteiger partial charge on any atom is -0.351 e. The van der Waals surface area contributed by atoms with Crippen molar-refractivity contribution in [2.45, 2.75) is 45.1 Å². The molecule has 3 rings (SSSR count). The maximum atomic E-state index is 12.3. The van der Waals surface area contributed by atoms with Crippen LogP contribution in [-0.2, 0) is 6.54 Å². The summed E-state index contributed by atoms with van der Waals surface area (Å²) in [5.74, 6) is 0.621. The van der Waals surface area contributed by atoms with Crippen molar-refractivity contribution in [1.29, 1.82) is 0 Å². The molecular formula is C20H25N3O2. The Kier molecular flexibility index (Phi) is 5.99. The smallest absolute Gasteiger partial charge is 0.271 e. The third-order valence-electron chi connectivity index (χ3n) is 4.82. The van der Waals surface area contributed by atoms with E-state index in [4.69, 9.17) is 0 Å². The quantitative estimate of drug-likeness (QED) is 0.789. The van der Waals surface area contributed by atoms with Crippen LogP contribution in [0.1, 0.15) is 54.6 Å². The van der Waals surface area contributed by atoms with Crippen LogP contribution in [-0.4, -0.2) is 22.2 Å². The van der Waals surface area contributed by atoms with Crippen LogP contribution in [0.5, 0.6) is 0 Å². The summed E-state index contributed by atoms with van der Waals surface area (Å²) in [4.78, 5) is 24.2. The fourth-order valence-corrected chi connectivity index (χ4v) is 3.42. The molecule has 1 aromatic heterocycles. The van der Waals surface area contributed by atoms with Gasteiger partial charge in [-0.2, -0.15) is 5.10 Å². The van der Waals surface area contributed by atoms with E-state index in [9.17, 15) is 9.59 Å². The molecule has 0 radical (unpaired) electrons. The first-order chi connectivity index (χ1) is 12.2. The van der Waals surface area contributed by atoms with E-state index in [2.05, 4.69) is 10.4 Å². The molecule has 25 heavy (non-hydrogen) atoms. The van der Waals surface area contributed by atoms with E-state index >= 15 is 0 Å². The number of hydrogen-bond acceptors (Lipinski definition) is 3. The molecule has 1 aromatic carbocycles. The number of aromatic nitrogens is 2. The Balaban J connectivity index is 1.55. The van der Waals surface area contributed by atoms with Gasteiger partial charge in [-0.15, -0.1) is 0 Å². The van der Waals surface area contributed by atoms with Gasteiger partial charge in [-0.05, 0) is 30.4 Å². The van der Waals surface area contributed by atoms with Crippen LogP contribution in [0, 0.1) is 5.92 Å². The zero-order chi connectivity index (χ0) is 17.5. The van der Waals surface area contributed by atoms with Crippen molar-refractivity contribution < 1.29 is 4.79 Å². The van der Waals surface area contributed by atoms with Gasteiger partial charge in [0.15, 0.2) is 0 Å². The fourth-order valence-electron chi connectivity index (χ4n) is 3.42. The van der Waals surface area contributed by atoms with Crippen LogP contribution in [0.3, 0.4) is 0 Å². The van der Waals surface area contributed by atoms with Gasteiger partial charge in [0.05, 0.1) is 6.54 Å². The standard InChI is InChI=1S/C20H25N3O2/c24-19-13-12-18(22-23(19)15-17-9-2-1-3-10-17)20(25)21-14-6-11-16-7-4-5-8-16/h1-3,9-10,12-13,16H,4-8,11,14-15H2,(H,21,25). The van der Waals surface area contributed by atoms with Crippen molar-refractivity contribution in [2.75, 3.05) is 6.54 Å². The van der Waals surface area contributed by atoms with Gasteiger partial charge in [-0.25, -0.2) is 4.68 Å². The number of nitrogens with zero attached hydrogens (tertiary/aromatic N) is 2. The van der Waals surface area contributed by atoms with Gasteiger partial charge in [0.25, 0.3) is 11.5 Å². The minimum absolute atomic E-state index is 0.207. The molecule has 0 aliphatic heterocycles. The zero-order valence-corrected chi connectivity index (χ0v) is 14.5. The Morgan fingerprint density at radius 1 is 1.12 bits per heavy atom. The summed E-state index contributed by atoms with van der Waals surface area (Å²) in [5.41, 5.74) is 1.06. The number of benzene rings is 1. The van der Waals surface area contributed by atoms with Gasteiger partial charge < -0.3 is 5.32 Å². The van der Waals surface area contributed by atoms with Crippen molar-refractivity contribution in [1.82, 2.24) is 15.1 Å². The van der Waals surface area contributed by atoms with E-state index in [1.807, 2.05) is 30.3 Å². The summed E-state index contributed by atoms with van der Waals surface area (Å²) in [7, 11) is 0. The molecule has 1 saturated carbocycles. The Labute approximate surface area is 148 Å². The van der Waals surface area contributed by atoms with Gasteiger partial charge in [0.2, 0.25) is 0 Å². The van der Waals surface area contributed by atoms with E-state index in [1.54, 1.807) is 0 Å². The van der Waals surface area contributed by atoms with Gasteiger partial charge in [0, 0.05) is 12.6 Å². The highest BCUT2D eigenvalue weighted by atomic mass is 16.2. The lowest BCUT2D eigenvalue weighted by atomic mass is 10.0. The van der Waals surface area contributed by atoms with Crippen LogP contribution in [0.25, 0.3) is 0 Å². The van der Waals surface area contributed by atoms with Crippen molar-refractivity contribution in [3.63, 3.8) is 0 Å². The van der Waals surface area contributed by atoms with Gasteiger partial charge in [0.1, 0.15) is 5.69 Å². The molecule has 5 nitrogen and oxygen atoms in total. The maximum absolute atomic E-state index is 12.3. The predicted octanol–water partition coefficient (Wildman–Crippen LogP) is 2.99. The average molecular weight is 339 g/mol. The molecule has 132 valence electrons. The summed E-state index contributed by atoms with van der Waals surface area (Å²) < 4.78 is 1.34. The molecule has 0 bridgehead atoms. The molecule has 0 spiro atoms. The molecule has 1 N–H and O–H groups in total. The lowest BCUT2D eigenvalue weighted by Crippen LogP contribution is -2.30. The molecule has 5 heteroatoms. The summed E-state index contributed by atoms with van der Waals surface area (Å²) in [6.45, 7) is 1.03. The zero-order valence-electron chi connectivity index (χ0n) is 14.5.